The van der Waals surface area contributed by atoms with Gasteiger partial charge in [-0.25, -0.2) is 0 Å². The first-order valence-corrected chi connectivity index (χ1v) is 5.95. The molecule has 3 N–H and O–H groups in total. The summed E-state index contributed by atoms with van der Waals surface area (Å²) in [4.78, 5) is 0. The molecule has 0 bridgehead atoms. The van der Waals surface area contributed by atoms with Crippen molar-refractivity contribution in [1.29, 1.82) is 0 Å². The molecule has 0 aliphatic heterocycles. The normalized spacial score (nSPS) is 10.3. The maximum atomic E-state index is 8.99. The largest absolute Gasteiger partial charge is 0.489 e. The summed E-state index contributed by atoms with van der Waals surface area (Å²) in [5.74, 6) is 0.814. The van der Waals surface area contributed by atoms with E-state index in [1.54, 1.807) is 0 Å². The minimum absolute atomic E-state index is 0.124. The number of hydrogen-bond acceptors (Lipinski definition) is 3. The molecule has 0 fully saturated rings. The average Bonchev–Trinajstić information content (AvgIpc) is 2.38. The maximum Gasteiger partial charge on any atom is 0.123 e. The highest BCUT2D eigenvalue weighted by molar-refractivity contribution is 5.41. The molecule has 2 rings (SSSR count). The molecule has 0 saturated heterocycles. The van der Waals surface area contributed by atoms with Crippen molar-refractivity contribution in [3.8, 4) is 5.75 Å². The first kappa shape index (κ1) is 12.5. The molecule has 3 nitrogen and oxygen atoms in total. The van der Waals surface area contributed by atoms with Crippen LogP contribution < -0.4 is 10.5 Å². The summed E-state index contributed by atoms with van der Waals surface area (Å²) < 4.78 is 5.76. The Kier molecular flexibility index (Phi) is 4.20. The lowest BCUT2D eigenvalue weighted by Crippen LogP contribution is -2.00. The van der Waals surface area contributed by atoms with Crippen LogP contribution in [0.25, 0.3) is 0 Å². The topological polar surface area (TPSA) is 55.5 Å². The molecule has 2 aromatic carbocycles. The van der Waals surface area contributed by atoms with Crippen LogP contribution in [0.5, 0.6) is 5.75 Å². The minimum Gasteiger partial charge on any atom is -0.489 e. The first-order chi connectivity index (χ1) is 8.79. The molecule has 3 heteroatoms. The molecule has 0 heterocycles. The van der Waals surface area contributed by atoms with Crippen LogP contribution in [-0.4, -0.2) is 11.7 Å². The standard InChI is InChI=1S/C15H17NO2/c16-14-6-3-4-12(10-14)11-18-15-7-2-1-5-13(15)8-9-17/h1-7,10,17H,8-9,11,16H2. The fourth-order valence-corrected chi connectivity index (χ4v) is 1.82. The van der Waals surface area contributed by atoms with Gasteiger partial charge in [-0.2, -0.15) is 0 Å². The highest BCUT2D eigenvalue weighted by Crippen LogP contribution is 2.20. The Morgan fingerprint density at radius 3 is 2.67 bits per heavy atom. The molecule has 0 aliphatic carbocycles. The number of aliphatic hydroxyl groups excluding tert-OH is 1. The van der Waals surface area contributed by atoms with Crippen LogP contribution >= 0.6 is 0 Å². The number of para-hydroxylation sites is 1. The van der Waals surface area contributed by atoms with E-state index >= 15 is 0 Å². The van der Waals surface area contributed by atoms with Gasteiger partial charge in [0.1, 0.15) is 12.4 Å². The summed E-state index contributed by atoms with van der Waals surface area (Å²) in [6, 6.07) is 15.4. The number of anilines is 1. The molecule has 0 aromatic heterocycles. The minimum atomic E-state index is 0.124. The van der Waals surface area contributed by atoms with Gasteiger partial charge in [0, 0.05) is 12.3 Å². The van der Waals surface area contributed by atoms with Gasteiger partial charge in [-0.05, 0) is 35.7 Å². The van der Waals surface area contributed by atoms with Gasteiger partial charge in [0.15, 0.2) is 0 Å². The molecular formula is C15H17NO2. The summed E-state index contributed by atoms with van der Waals surface area (Å²) in [5, 5.41) is 8.99. The predicted molar refractivity (Wildman–Crippen MR) is 72.4 cm³/mol. The van der Waals surface area contributed by atoms with Crippen molar-refractivity contribution in [1.82, 2.24) is 0 Å². The van der Waals surface area contributed by atoms with Crippen LogP contribution in [0.1, 0.15) is 11.1 Å². The first-order valence-electron chi connectivity index (χ1n) is 5.95. The number of ether oxygens (including phenoxy) is 1. The van der Waals surface area contributed by atoms with Crippen LogP contribution in [0.3, 0.4) is 0 Å². The van der Waals surface area contributed by atoms with Crippen LogP contribution in [-0.2, 0) is 13.0 Å². The number of benzene rings is 2. The number of aliphatic hydroxyl groups is 1. The highest BCUT2D eigenvalue weighted by Gasteiger charge is 2.02. The van der Waals surface area contributed by atoms with Crippen molar-refractivity contribution in [2.24, 2.45) is 0 Å². The Morgan fingerprint density at radius 2 is 1.89 bits per heavy atom. The quantitative estimate of drug-likeness (QED) is 0.793. The lowest BCUT2D eigenvalue weighted by molar-refractivity contribution is 0.284. The van der Waals surface area contributed by atoms with Crippen LogP contribution in [0, 0.1) is 0 Å². The smallest absolute Gasteiger partial charge is 0.123 e. The second-order valence-corrected chi connectivity index (χ2v) is 4.12. The van der Waals surface area contributed by atoms with Crippen LogP contribution in [0.15, 0.2) is 48.5 Å². The molecule has 0 radical (unpaired) electrons. The number of hydrogen-bond donors (Lipinski definition) is 2. The third kappa shape index (κ3) is 3.25. The van der Waals surface area contributed by atoms with E-state index in [9.17, 15) is 0 Å². The fraction of sp³-hybridized carbons (Fsp3) is 0.200. The Bertz CT molecular complexity index is 511. The molecule has 0 amide bonds. The van der Waals surface area contributed by atoms with Gasteiger partial charge in [-0.1, -0.05) is 30.3 Å². The Labute approximate surface area is 107 Å². The zero-order chi connectivity index (χ0) is 12.8. The summed E-state index contributed by atoms with van der Waals surface area (Å²) in [6.45, 7) is 0.603. The second kappa shape index (κ2) is 6.07. The van der Waals surface area contributed by atoms with E-state index < -0.39 is 0 Å². The Hall–Kier alpha value is -2.00. The van der Waals surface area contributed by atoms with E-state index in [4.69, 9.17) is 15.6 Å². The van der Waals surface area contributed by atoms with E-state index in [-0.39, 0.29) is 6.61 Å². The molecule has 94 valence electrons. The predicted octanol–water partition coefficient (Wildman–Crippen LogP) is 2.38. The molecule has 2 aromatic rings. The molecule has 0 unspecified atom stereocenters. The number of nitrogens with two attached hydrogens (primary N) is 1. The van der Waals surface area contributed by atoms with Crippen LogP contribution in [0.2, 0.25) is 0 Å². The van der Waals surface area contributed by atoms with Crippen molar-refractivity contribution >= 4 is 5.69 Å². The van der Waals surface area contributed by atoms with Gasteiger partial charge in [0.05, 0.1) is 0 Å². The SMILES string of the molecule is Nc1cccc(COc2ccccc2CCO)c1. The van der Waals surface area contributed by atoms with Gasteiger partial charge in [0.25, 0.3) is 0 Å². The van der Waals surface area contributed by atoms with Gasteiger partial charge in [-0.3, -0.25) is 0 Å². The highest BCUT2D eigenvalue weighted by atomic mass is 16.5. The van der Waals surface area contributed by atoms with E-state index in [1.165, 1.54) is 0 Å². The third-order valence-corrected chi connectivity index (χ3v) is 2.70. The van der Waals surface area contributed by atoms with Gasteiger partial charge in [-0.15, -0.1) is 0 Å². The summed E-state index contributed by atoms with van der Waals surface area (Å²) in [6.07, 6.45) is 0.604. The van der Waals surface area contributed by atoms with Crippen molar-refractivity contribution in [2.75, 3.05) is 12.3 Å². The van der Waals surface area contributed by atoms with Crippen molar-refractivity contribution in [3.63, 3.8) is 0 Å². The van der Waals surface area contributed by atoms with Crippen LogP contribution in [0.4, 0.5) is 5.69 Å². The maximum absolute atomic E-state index is 8.99. The molecule has 0 aliphatic rings. The van der Waals surface area contributed by atoms with E-state index in [2.05, 4.69) is 0 Å². The molecule has 18 heavy (non-hydrogen) atoms. The third-order valence-electron chi connectivity index (χ3n) is 2.70. The number of nitrogen functional groups attached to an aromatic ring is 1. The van der Waals surface area contributed by atoms with Crippen molar-refractivity contribution in [3.05, 3.63) is 59.7 Å². The van der Waals surface area contributed by atoms with E-state index in [1.807, 2.05) is 48.5 Å². The number of rotatable bonds is 5. The average molecular weight is 243 g/mol. The summed E-state index contributed by atoms with van der Waals surface area (Å²) in [7, 11) is 0. The summed E-state index contributed by atoms with van der Waals surface area (Å²) >= 11 is 0. The van der Waals surface area contributed by atoms with Crippen molar-refractivity contribution < 1.29 is 9.84 Å². The monoisotopic (exact) mass is 243 g/mol. The van der Waals surface area contributed by atoms with Crippen molar-refractivity contribution in [2.45, 2.75) is 13.0 Å². The lowest BCUT2D eigenvalue weighted by atomic mass is 10.1. The van der Waals surface area contributed by atoms with E-state index in [0.717, 1.165) is 22.6 Å². The van der Waals surface area contributed by atoms with Gasteiger partial charge in [0.2, 0.25) is 0 Å². The van der Waals surface area contributed by atoms with Gasteiger partial charge < -0.3 is 15.6 Å². The van der Waals surface area contributed by atoms with E-state index in [0.29, 0.717) is 13.0 Å². The fourth-order valence-electron chi connectivity index (χ4n) is 1.82. The summed E-state index contributed by atoms with van der Waals surface area (Å²) in [5.41, 5.74) is 8.51. The van der Waals surface area contributed by atoms with Gasteiger partial charge >= 0.3 is 0 Å². The lowest BCUT2D eigenvalue weighted by Gasteiger charge is -2.11. The molecular weight excluding hydrogens is 226 g/mol. The molecule has 0 saturated carbocycles. The second-order valence-electron chi connectivity index (χ2n) is 4.12. The molecule has 0 spiro atoms. The Balaban J connectivity index is 2.06. The zero-order valence-corrected chi connectivity index (χ0v) is 10.2. The molecule has 0 atom stereocenters. The Morgan fingerprint density at radius 1 is 1.06 bits per heavy atom. The zero-order valence-electron chi connectivity index (χ0n) is 10.2.